The standard InChI is InChI=1S/C12H18O2S/c1-2-10-5-6-11(15-10)12(13)9-4-3-7-14-8-9/h5-6,9,12-13H,2-4,7-8H2,1H3. The lowest BCUT2D eigenvalue weighted by atomic mass is 9.95. The van der Waals surface area contributed by atoms with Crippen LogP contribution in [0.5, 0.6) is 0 Å². The molecule has 2 unspecified atom stereocenters. The number of aliphatic hydroxyl groups is 1. The SMILES string of the molecule is CCc1ccc(C(O)C2CCCOC2)s1. The Morgan fingerprint density at radius 1 is 1.60 bits per heavy atom. The van der Waals surface area contributed by atoms with Crippen LogP contribution >= 0.6 is 11.3 Å². The van der Waals surface area contributed by atoms with Gasteiger partial charge in [0.2, 0.25) is 0 Å². The van der Waals surface area contributed by atoms with E-state index in [-0.39, 0.29) is 6.10 Å². The number of aliphatic hydroxyl groups excluding tert-OH is 1. The summed E-state index contributed by atoms with van der Waals surface area (Å²) in [5.41, 5.74) is 0. The van der Waals surface area contributed by atoms with E-state index in [1.807, 2.05) is 0 Å². The van der Waals surface area contributed by atoms with Gasteiger partial charge in [0.25, 0.3) is 0 Å². The number of hydrogen-bond donors (Lipinski definition) is 1. The second kappa shape index (κ2) is 5.10. The fourth-order valence-electron chi connectivity index (χ4n) is 1.99. The van der Waals surface area contributed by atoms with Crippen LogP contribution in [0.4, 0.5) is 0 Å². The predicted molar refractivity (Wildman–Crippen MR) is 62.2 cm³/mol. The molecule has 1 fully saturated rings. The Balaban J connectivity index is 2.02. The van der Waals surface area contributed by atoms with Gasteiger partial charge in [-0.15, -0.1) is 11.3 Å². The summed E-state index contributed by atoms with van der Waals surface area (Å²) in [6, 6.07) is 4.18. The van der Waals surface area contributed by atoms with Crippen molar-refractivity contribution in [1.82, 2.24) is 0 Å². The Labute approximate surface area is 94.9 Å². The zero-order chi connectivity index (χ0) is 10.7. The van der Waals surface area contributed by atoms with E-state index in [4.69, 9.17) is 4.74 Å². The topological polar surface area (TPSA) is 29.5 Å². The third-order valence-electron chi connectivity index (χ3n) is 2.96. The highest BCUT2D eigenvalue weighted by atomic mass is 32.1. The van der Waals surface area contributed by atoms with Crippen molar-refractivity contribution in [2.45, 2.75) is 32.3 Å². The van der Waals surface area contributed by atoms with Crippen LogP contribution in [0.1, 0.15) is 35.6 Å². The molecule has 15 heavy (non-hydrogen) atoms. The highest BCUT2D eigenvalue weighted by molar-refractivity contribution is 7.12. The Morgan fingerprint density at radius 3 is 3.07 bits per heavy atom. The van der Waals surface area contributed by atoms with Crippen molar-refractivity contribution in [3.8, 4) is 0 Å². The number of rotatable bonds is 3. The van der Waals surface area contributed by atoms with Crippen LogP contribution in [-0.4, -0.2) is 18.3 Å². The molecule has 1 aliphatic rings. The van der Waals surface area contributed by atoms with Crippen LogP contribution in [0.2, 0.25) is 0 Å². The van der Waals surface area contributed by atoms with E-state index in [1.54, 1.807) is 11.3 Å². The third kappa shape index (κ3) is 2.60. The van der Waals surface area contributed by atoms with Crippen molar-refractivity contribution in [2.75, 3.05) is 13.2 Å². The normalized spacial score (nSPS) is 24.0. The van der Waals surface area contributed by atoms with E-state index in [0.29, 0.717) is 12.5 Å². The maximum Gasteiger partial charge on any atom is 0.0932 e. The Hall–Kier alpha value is -0.380. The molecule has 0 aromatic carbocycles. The van der Waals surface area contributed by atoms with Crippen LogP contribution in [0.15, 0.2) is 12.1 Å². The van der Waals surface area contributed by atoms with E-state index in [0.717, 1.165) is 30.7 Å². The van der Waals surface area contributed by atoms with Gasteiger partial charge in [0, 0.05) is 22.3 Å². The molecule has 1 aliphatic heterocycles. The van der Waals surface area contributed by atoms with E-state index >= 15 is 0 Å². The molecule has 0 aliphatic carbocycles. The van der Waals surface area contributed by atoms with Gasteiger partial charge in [-0.3, -0.25) is 0 Å². The predicted octanol–water partition coefficient (Wildman–Crippen LogP) is 2.77. The second-order valence-electron chi connectivity index (χ2n) is 4.08. The minimum absolute atomic E-state index is 0.294. The maximum atomic E-state index is 10.2. The molecule has 1 aromatic heterocycles. The first-order valence-corrected chi connectivity index (χ1v) is 6.47. The summed E-state index contributed by atoms with van der Waals surface area (Å²) in [7, 11) is 0. The molecule has 1 saturated heterocycles. The summed E-state index contributed by atoms with van der Waals surface area (Å²) in [4.78, 5) is 2.45. The number of hydrogen-bond acceptors (Lipinski definition) is 3. The van der Waals surface area contributed by atoms with Crippen molar-refractivity contribution in [3.05, 3.63) is 21.9 Å². The highest BCUT2D eigenvalue weighted by Gasteiger charge is 2.24. The minimum atomic E-state index is -0.324. The third-order valence-corrected chi connectivity index (χ3v) is 4.26. The summed E-state index contributed by atoms with van der Waals surface area (Å²) < 4.78 is 5.40. The van der Waals surface area contributed by atoms with E-state index in [1.165, 1.54) is 4.88 Å². The van der Waals surface area contributed by atoms with Gasteiger partial charge in [0.15, 0.2) is 0 Å². The van der Waals surface area contributed by atoms with Crippen molar-refractivity contribution < 1.29 is 9.84 Å². The summed E-state index contributed by atoms with van der Waals surface area (Å²) >= 11 is 1.73. The van der Waals surface area contributed by atoms with Crippen LogP contribution < -0.4 is 0 Å². The molecule has 84 valence electrons. The van der Waals surface area contributed by atoms with Gasteiger partial charge < -0.3 is 9.84 Å². The first-order chi connectivity index (χ1) is 7.31. The molecule has 0 bridgehead atoms. The summed E-state index contributed by atoms with van der Waals surface area (Å²) in [6.45, 7) is 3.71. The molecule has 0 amide bonds. The molecular weight excluding hydrogens is 208 g/mol. The quantitative estimate of drug-likeness (QED) is 0.858. The molecule has 0 saturated carbocycles. The fourth-order valence-corrected chi connectivity index (χ4v) is 3.02. The first kappa shape index (κ1) is 11.1. The highest BCUT2D eigenvalue weighted by Crippen LogP contribution is 2.32. The molecule has 0 spiro atoms. The molecule has 2 atom stereocenters. The Kier molecular flexibility index (Phi) is 3.78. The van der Waals surface area contributed by atoms with Gasteiger partial charge in [-0.05, 0) is 31.4 Å². The van der Waals surface area contributed by atoms with E-state index < -0.39 is 0 Å². The molecule has 2 rings (SSSR count). The molecule has 3 heteroatoms. The molecule has 1 aromatic rings. The minimum Gasteiger partial charge on any atom is -0.387 e. The lowest BCUT2D eigenvalue weighted by molar-refractivity contribution is -0.00862. The average Bonchev–Trinajstić information content (AvgIpc) is 2.78. The van der Waals surface area contributed by atoms with Crippen LogP contribution in [0.25, 0.3) is 0 Å². The average molecular weight is 226 g/mol. The van der Waals surface area contributed by atoms with Gasteiger partial charge in [-0.1, -0.05) is 6.92 Å². The second-order valence-corrected chi connectivity index (χ2v) is 5.28. The summed E-state index contributed by atoms with van der Waals surface area (Å²) in [5.74, 6) is 0.294. The smallest absolute Gasteiger partial charge is 0.0932 e. The largest absolute Gasteiger partial charge is 0.387 e. The Bertz CT molecular complexity index is 302. The number of ether oxygens (including phenoxy) is 1. The van der Waals surface area contributed by atoms with E-state index in [9.17, 15) is 5.11 Å². The summed E-state index contributed by atoms with van der Waals surface area (Å²) in [5, 5.41) is 10.2. The van der Waals surface area contributed by atoms with E-state index in [2.05, 4.69) is 19.1 Å². The van der Waals surface area contributed by atoms with Gasteiger partial charge >= 0.3 is 0 Å². The van der Waals surface area contributed by atoms with Gasteiger partial charge in [0.05, 0.1) is 12.7 Å². The van der Waals surface area contributed by atoms with Crippen LogP contribution in [0, 0.1) is 5.92 Å². The zero-order valence-corrected chi connectivity index (χ0v) is 9.93. The lowest BCUT2D eigenvalue weighted by Crippen LogP contribution is -2.23. The number of thiophene rings is 1. The Morgan fingerprint density at radius 2 is 2.47 bits per heavy atom. The molecule has 2 nitrogen and oxygen atoms in total. The number of aryl methyl sites for hydroxylation is 1. The lowest BCUT2D eigenvalue weighted by Gasteiger charge is -2.25. The molecule has 0 radical (unpaired) electrons. The van der Waals surface area contributed by atoms with Gasteiger partial charge in [-0.25, -0.2) is 0 Å². The zero-order valence-electron chi connectivity index (χ0n) is 9.11. The van der Waals surface area contributed by atoms with Crippen molar-refractivity contribution in [1.29, 1.82) is 0 Å². The summed E-state index contributed by atoms with van der Waals surface area (Å²) in [6.07, 6.45) is 2.89. The molecular formula is C12H18O2S. The monoisotopic (exact) mass is 226 g/mol. The maximum absolute atomic E-state index is 10.2. The van der Waals surface area contributed by atoms with Gasteiger partial charge in [-0.2, -0.15) is 0 Å². The van der Waals surface area contributed by atoms with Crippen LogP contribution in [0.3, 0.4) is 0 Å². The molecule has 2 heterocycles. The first-order valence-electron chi connectivity index (χ1n) is 5.65. The van der Waals surface area contributed by atoms with Crippen LogP contribution in [-0.2, 0) is 11.2 Å². The van der Waals surface area contributed by atoms with Crippen molar-refractivity contribution in [3.63, 3.8) is 0 Å². The van der Waals surface area contributed by atoms with Crippen molar-refractivity contribution >= 4 is 11.3 Å². The molecule has 1 N–H and O–H groups in total. The van der Waals surface area contributed by atoms with Crippen molar-refractivity contribution in [2.24, 2.45) is 5.92 Å². The van der Waals surface area contributed by atoms with Gasteiger partial charge in [0.1, 0.15) is 0 Å². The fraction of sp³-hybridized carbons (Fsp3) is 0.667.